The van der Waals surface area contributed by atoms with E-state index in [2.05, 4.69) is 168 Å². The Labute approximate surface area is 239 Å². The Bertz CT molecular complexity index is 2210. The third-order valence-electron chi connectivity index (χ3n) is 8.36. The smallest absolute Gasteiger partial charge is 0.0625 e. The van der Waals surface area contributed by atoms with Crippen molar-refractivity contribution in [1.29, 1.82) is 0 Å². The Morgan fingerprint density at radius 3 is 1.80 bits per heavy atom. The van der Waals surface area contributed by atoms with Gasteiger partial charge in [-0.1, -0.05) is 115 Å². The molecule has 8 aromatic rings. The molecule has 1 aromatic heterocycles. The highest BCUT2D eigenvalue weighted by molar-refractivity contribution is 6.32. The Morgan fingerprint density at radius 1 is 0.439 bits per heavy atom. The number of para-hydroxylation sites is 1. The summed E-state index contributed by atoms with van der Waals surface area (Å²) in [6, 6.07) is 54.8. The summed E-state index contributed by atoms with van der Waals surface area (Å²) in [7, 11) is 2.14. The zero-order valence-corrected chi connectivity index (χ0v) is 22.8. The van der Waals surface area contributed by atoms with E-state index in [1.165, 1.54) is 54.5 Å². The topological polar surface area (TPSA) is 8.17 Å². The van der Waals surface area contributed by atoms with Crippen LogP contribution in [0.2, 0.25) is 0 Å². The Hall–Kier alpha value is -5.34. The summed E-state index contributed by atoms with van der Waals surface area (Å²) >= 11 is 0. The molecule has 0 fully saturated rings. The van der Waals surface area contributed by atoms with Crippen LogP contribution < -0.4 is 4.90 Å². The minimum absolute atomic E-state index is 1.15. The molecule has 0 saturated heterocycles. The van der Waals surface area contributed by atoms with Crippen LogP contribution in [-0.2, 0) is 0 Å². The molecule has 1 heterocycles. The summed E-state index contributed by atoms with van der Waals surface area (Å²) < 4.78 is 2.48. The van der Waals surface area contributed by atoms with Gasteiger partial charge in [0.25, 0.3) is 0 Å². The van der Waals surface area contributed by atoms with Crippen molar-refractivity contribution in [1.82, 2.24) is 4.57 Å². The predicted molar refractivity (Wildman–Crippen MR) is 176 cm³/mol. The number of aromatic nitrogens is 1. The monoisotopic (exact) mass is 524 g/mol. The molecule has 194 valence electrons. The van der Waals surface area contributed by atoms with Gasteiger partial charge in [0.05, 0.1) is 11.0 Å². The number of anilines is 2. The van der Waals surface area contributed by atoms with Gasteiger partial charge in [0.1, 0.15) is 0 Å². The molecular weight excluding hydrogens is 496 g/mol. The molecule has 0 unspecified atom stereocenters. The van der Waals surface area contributed by atoms with Crippen molar-refractivity contribution in [2.45, 2.75) is 0 Å². The SMILES string of the molecule is CN(c1ccccc1)c1ccc2c3c4ccccc4c4ccccc4c3n(-c3cccc(-c4ccccc4)c3)c2c1. The van der Waals surface area contributed by atoms with Gasteiger partial charge in [-0.2, -0.15) is 0 Å². The summed E-state index contributed by atoms with van der Waals surface area (Å²) in [4.78, 5) is 2.26. The highest BCUT2D eigenvalue weighted by Gasteiger charge is 2.20. The zero-order chi connectivity index (χ0) is 27.3. The first-order valence-corrected chi connectivity index (χ1v) is 14.1. The average Bonchev–Trinajstić information content (AvgIpc) is 3.40. The fourth-order valence-electron chi connectivity index (χ4n) is 6.40. The summed E-state index contributed by atoms with van der Waals surface area (Å²) in [6.45, 7) is 0. The minimum Gasteiger partial charge on any atom is -0.345 e. The molecule has 0 atom stereocenters. The molecule has 0 N–H and O–H groups in total. The van der Waals surface area contributed by atoms with E-state index in [0.29, 0.717) is 0 Å². The van der Waals surface area contributed by atoms with Gasteiger partial charge in [-0.05, 0) is 63.7 Å². The third-order valence-corrected chi connectivity index (χ3v) is 8.36. The van der Waals surface area contributed by atoms with Crippen LogP contribution in [0.4, 0.5) is 11.4 Å². The Morgan fingerprint density at radius 2 is 1.05 bits per heavy atom. The van der Waals surface area contributed by atoms with Gasteiger partial charge in [0.15, 0.2) is 0 Å². The molecule has 0 aliphatic heterocycles. The molecule has 8 rings (SSSR count). The van der Waals surface area contributed by atoms with E-state index in [4.69, 9.17) is 0 Å². The number of hydrogen-bond acceptors (Lipinski definition) is 1. The van der Waals surface area contributed by atoms with Crippen molar-refractivity contribution < 1.29 is 0 Å². The molecule has 41 heavy (non-hydrogen) atoms. The van der Waals surface area contributed by atoms with E-state index in [1.807, 2.05) is 0 Å². The second-order valence-electron chi connectivity index (χ2n) is 10.7. The van der Waals surface area contributed by atoms with Crippen LogP contribution in [0.1, 0.15) is 0 Å². The fourth-order valence-corrected chi connectivity index (χ4v) is 6.40. The molecule has 0 amide bonds. The molecular formula is C39H28N2. The average molecular weight is 525 g/mol. The molecule has 7 aromatic carbocycles. The normalized spacial score (nSPS) is 11.5. The van der Waals surface area contributed by atoms with Crippen molar-refractivity contribution in [3.63, 3.8) is 0 Å². The summed E-state index contributed by atoms with van der Waals surface area (Å²) in [5.74, 6) is 0. The van der Waals surface area contributed by atoms with Gasteiger partial charge >= 0.3 is 0 Å². The fraction of sp³-hybridized carbons (Fsp3) is 0.0256. The van der Waals surface area contributed by atoms with Gasteiger partial charge < -0.3 is 9.47 Å². The highest BCUT2D eigenvalue weighted by atomic mass is 15.1. The minimum atomic E-state index is 1.15. The van der Waals surface area contributed by atoms with Gasteiger partial charge in [0, 0.05) is 40.3 Å². The summed E-state index contributed by atoms with van der Waals surface area (Å²) in [6.07, 6.45) is 0. The summed E-state index contributed by atoms with van der Waals surface area (Å²) in [5.41, 5.74) is 8.35. The van der Waals surface area contributed by atoms with E-state index in [-0.39, 0.29) is 0 Å². The van der Waals surface area contributed by atoms with E-state index in [1.54, 1.807) is 0 Å². The number of hydrogen-bond donors (Lipinski definition) is 0. The van der Waals surface area contributed by atoms with Crippen molar-refractivity contribution >= 4 is 54.7 Å². The van der Waals surface area contributed by atoms with Gasteiger partial charge in [-0.3, -0.25) is 0 Å². The second kappa shape index (κ2) is 9.39. The van der Waals surface area contributed by atoms with Gasteiger partial charge in [-0.25, -0.2) is 0 Å². The first-order chi connectivity index (χ1) is 20.3. The number of benzene rings is 7. The van der Waals surface area contributed by atoms with Crippen LogP contribution in [0, 0.1) is 0 Å². The lowest BCUT2D eigenvalue weighted by Gasteiger charge is -2.20. The molecule has 2 heteroatoms. The van der Waals surface area contributed by atoms with Crippen LogP contribution in [-0.4, -0.2) is 11.6 Å². The van der Waals surface area contributed by atoms with E-state index in [0.717, 1.165) is 17.1 Å². The molecule has 0 saturated carbocycles. The third kappa shape index (κ3) is 3.72. The standard InChI is InChI=1S/C39H28N2/c1-40(29-16-6-3-7-17-29)30-23-24-36-37(26-30)41(31-18-12-15-28(25-31)27-13-4-2-5-14-27)39-35-22-11-9-20-33(35)32-19-8-10-21-34(32)38(36)39/h2-26H,1H3. The maximum absolute atomic E-state index is 2.48. The first kappa shape index (κ1) is 23.5. The maximum atomic E-state index is 2.48. The van der Waals surface area contributed by atoms with Crippen LogP contribution in [0.3, 0.4) is 0 Å². The van der Waals surface area contributed by atoms with Crippen molar-refractivity contribution in [2.75, 3.05) is 11.9 Å². The van der Waals surface area contributed by atoms with Crippen LogP contribution in [0.25, 0.3) is 60.2 Å². The molecule has 0 bridgehead atoms. The maximum Gasteiger partial charge on any atom is 0.0625 e. The largest absolute Gasteiger partial charge is 0.345 e. The van der Waals surface area contributed by atoms with Crippen molar-refractivity contribution in [3.05, 3.63) is 152 Å². The first-order valence-electron chi connectivity index (χ1n) is 14.1. The Balaban J connectivity index is 1.51. The number of nitrogens with zero attached hydrogens (tertiary/aromatic N) is 2. The second-order valence-corrected chi connectivity index (χ2v) is 10.7. The highest BCUT2D eigenvalue weighted by Crippen LogP contribution is 2.43. The van der Waals surface area contributed by atoms with Crippen LogP contribution >= 0.6 is 0 Å². The molecule has 0 aliphatic rings. The molecule has 2 nitrogen and oxygen atoms in total. The van der Waals surface area contributed by atoms with Gasteiger partial charge in [0.2, 0.25) is 0 Å². The quantitative estimate of drug-likeness (QED) is 0.208. The Kier molecular flexibility index (Phi) is 5.39. The van der Waals surface area contributed by atoms with Crippen LogP contribution in [0.5, 0.6) is 0 Å². The van der Waals surface area contributed by atoms with Crippen LogP contribution in [0.15, 0.2) is 152 Å². The lowest BCUT2D eigenvalue weighted by molar-refractivity contribution is 1.17. The van der Waals surface area contributed by atoms with Gasteiger partial charge in [-0.15, -0.1) is 0 Å². The lowest BCUT2D eigenvalue weighted by atomic mass is 9.96. The number of rotatable bonds is 4. The molecule has 0 aliphatic carbocycles. The van der Waals surface area contributed by atoms with Crippen molar-refractivity contribution in [3.8, 4) is 16.8 Å². The number of fused-ring (bicyclic) bond motifs is 8. The predicted octanol–water partition coefficient (Wildman–Crippen LogP) is 10.5. The molecule has 0 spiro atoms. The van der Waals surface area contributed by atoms with E-state index >= 15 is 0 Å². The lowest BCUT2D eigenvalue weighted by Crippen LogP contribution is -2.09. The van der Waals surface area contributed by atoms with E-state index < -0.39 is 0 Å². The van der Waals surface area contributed by atoms with E-state index in [9.17, 15) is 0 Å². The summed E-state index contributed by atoms with van der Waals surface area (Å²) in [5, 5.41) is 7.68. The molecule has 0 radical (unpaired) electrons. The van der Waals surface area contributed by atoms with Crippen molar-refractivity contribution in [2.24, 2.45) is 0 Å². The zero-order valence-electron chi connectivity index (χ0n) is 22.8.